The topological polar surface area (TPSA) is 377 Å². The monoisotopic (exact) mass is 970 g/mol. The van der Waals surface area contributed by atoms with Crippen LogP contribution in [0.25, 0.3) is 0 Å². The normalized spacial score (nSPS) is 55.4. The first-order valence-electron chi connectivity index (χ1n) is 23.8. The zero-order valence-corrected chi connectivity index (χ0v) is 38.0. The molecule has 8 aliphatic rings. The number of rotatable bonds is 13. The molecule has 4 heterocycles. The van der Waals surface area contributed by atoms with Gasteiger partial charge in [-0.3, -0.25) is 0 Å². The molecule has 388 valence electrons. The number of fused-ring (bicyclic) bond motifs is 3. The molecule has 2 bridgehead atoms. The van der Waals surface area contributed by atoms with E-state index in [-0.39, 0.29) is 35.2 Å². The molecule has 4 saturated carbocycles. The van der Waals surface area contributed by atoms with Crippen molar-refractivity contribution in [2.45, 2.75) is 207 Å². The van der Waals surface area contributed by atoms with E-state index >= 15 is 0 Å². The van der Waals surface area contributed by atoms with Gasteiger partial charge in [-0.05, 0) is 85.4 Å². The van der Waals surface area contributed by atoms with Crippen molar-refractivity contribution < 1.29 is 114 Å². The van der Waals surface area contributed by atoms with Gasteiger partial charge in [0.05, 0.1) is 44.7 Å². The molecule has 27 unspecified atom stereocenters. The lowest BCUT2D eigenvalue weighted by Crippen LogP contribution is -2.64. The van der Waals surface area contributed by atoms with E-state index < -0.39 is 166 Å². The van der Waals surface area contributed by atoms with E-state index in [4.69, 9.17) is 37.9 Å². The molecule has 4 saturated heterocycles. The van der Waals surface area contributed by atoms with E-state index in [1.165, 1.54) is 0 Å². The van der Waals surface area contributed by atoms with Gasteiger partial charge in [0, 0.05) is 0 Å². The molecule has 0 aromatic carbocycles. The SMILES string of the molecule is CC1(C)C(OC2OC(COC3OC(COC4OC(CO)C(O)C(O)C4O)C(O)C(O)C3O)C(O)C(O)C2O)CCC2(C)C3CCC4CC3(CCC12)CC4(CO)OC1OC(CO)C(O)C(O)C1O. The third-order valence-electron chi connectivity index (χ3n) is 17.6. The molecule has 23 heteroatoms. The number of ether oxygens (including phenoxy) is 8. The van der Waals surface area contributed by atoms with Crippen molar-refractivity contribution in [3.05, 3.63) is 0 Å². The Kier molecular flexibility index (Phi) is 15.5. The Morgan fingerprint density at radius 3 is 1.46 bits per heavy atom. The smallest absolute Gasteiger partial charge is 0.187 e. The van der Waals surface area contributed by atoms with Crippen LogP contribution in [0, 0.1) is 34.0 Å². The highest BCUT2D eigenvalue weighted by Gasteiger charge is 2.69. The summed E-state index contributed by atoms with van der Waals surface area (Å²) >= 11 is 0. The Labute approximate surface area is 387 Å². The minimum absolute atomic E-state index is 0.0670. The summed E-state index contributed by atoms with van der Waals surface area (Å²) in [5, 5.41) is 158. The molecule has 0 radical (unpaired) electrons. The largest absolute Gasteiger partial charge is 0.394 e. The molecule has 8 fully saturated rings. The first-order valence-corrected chi connectivity index (χ1v) is 23.8. The summed E-state index contributed by atoms with van der Waals surface area (Å²) < 4.78 is 47.1. The van der Waals surface area contributed by atoms with Crippen molar-refractivity contribution in [1.29, 1.82) is 0 Å². The second-order valence-corrected chi connectivity index (χ2v) is 21.6. The molecule has 67 heavy (non-hydrogen) atoms. The number of hydrogen-bond acceptors (Lipinski definition) is 23. The van der Waals surface area contributed by atoms with Crippen molar-refractivity contribution in [1.82, 2.24) is 0 Å². The highest BCUT2D eigenvalue weighted by atomic mass is 16.8. The number of aliphatic hydroxyl groups is 15. The highest BCUT2D eigenvalue weighted by Crippen LogP contribution is 2.73. The van der Waals surface area contributed by atoms with Crippen LogP contribution in [0.15, 0.2) is 0 Å². The van der Waals surface area contributed by atoms with Crippen LogP contribution < -0.4 is 0 Å². The molecule has 23 nitrogen and oxygen atoms in total. The lowest BCUT2D eigenvalue weighted by Gasteiger charge is -2.65. The van der Waals surface area contributed by atoms with Crippen LogP contribution in [0.2, 0.25) is 0 Å². The van der Waals surface area contributed by atoms with E-state index in [0.717, 1.165) is 38.5 Å². The Hall–Kier alpha value is -0.920. The maximum Gasteiger partial charge on any atom is 0.187 e. The Morgan fingerprint density at radius 2 is 0.940 bits per heavy atom. The second-order valence-electron chi connectivity index (χ2n) is 21.6. The summed E-state index contributed by atoms with van der Waals surface area (Å²) in [5.41, 5.74) is -2.01. The summed E-state index contributed by atoms with van der Waals surface area (Å²) in [6.45, 7) is 3.70. The van der Waals surface area contributed by atoms with Gasteiger partial charge in [-0.1, -0.05) is 20.8 Å². The van der Waals surface area contributed by atoms with Crippen molar-refractivity contribution in [3.8, 4) is 0 Å². The summed E-state index contributed by atoms with van der Waals surface area (Å²) in [7, 11) is 0. The average molecular weight is 971 g/mol. The molecular weight excluding hydrogens is 896 g/mol. The van der Waals surface area contributed by atoms with E-state index in [2.05, 4.69) is 20.8 Å². The molecule has 0 aromatic heterocycles. The standard InChI is InChI=1S/C44H74O23/c1-41(2)22-6-9-43-10-17(44(15-43,16-47)67-40-36(59)30(53)26(49)19(12-46)63-40)4-5-23(43)42(22,3)8-7-24(41)66-39-35(58)32(55)28(51)21(65-39)14-61-38-34(57)31(54)27(50)20(64-38)13-60-37-33(56)29(52)25(48)18(11-45)62-37/h17-40,45-59H,4-16H2,1-3H3. The number of aliphatic hydroxyl groups excluding tert-OH is 15. The molecule has 27 atom stereocenters. The van der Waals surface area contributed by atoms with Crippen LogP contribution in [0.3, 0.4) is 0 Å². The van der Waals surface area contributed by atoms with Crippen molar-refractivity contribution in [2.24, 2.45) is 34.0 Å². The van der Waals surface area contributed by atoms with Crippen LogP contribution in [0.4, 0.5) is 0 Å². The highest BCUT2D eigenvalue weighted by molar-refractivity contribution is 5.18. The average Bonchev–Trinajstić information content (AvgIpc) is 3.53. The molecule has 4 aliphatic heterocycles. The van der Waals surface area contributed by atoms with Crippen molar-refractivity contribution in [3.63, 3.8) is 0 Å². The second kappa shape index (κ2) is 19.8. The summed E-state index contributed by atoms with van der Waals surface area (Å²) in [5.74, 6) is 0.261. The Bertz CT molecular complexity index is 1660. The fourth-order valence-corrected chi connectivity index (χ4v) is 13.9. The minimum Gasteiger partial charge on any atom is -0.394 e. The molecular formula is C44H74O23. The minimum atomic E-state index is -1.84. The van der Waals surface area contributed by atoms with Gasteiger partial charge < -0.3 is 114 Å². The van der Waals surface area contributed by atoms with Crippen LogP contribution >= 0.6 is 0 Å². The predicted molar refractivity (Wildman–Crippen MR) is 220 cm³/mol. The summed E-state index contributed by atoms with van der Waals surface area (Å²) in [6.07, 6.45) is -26.5. The molecule has 4 aliphatic carbocycles. The van der Waals surface area contributed by atoms with Crippen LogP contribution in [0.1, 0.15) is 72.1 Å². The number of hydrogen-bond donors (Lipinski definition) is 15. The van der Waals surface area contributed by atoms with Gasteiger partial charge in [0.15, 0.2) is 25.2 Å². The fraction of sp³-hybridized carbons (Fsp3) is 1.00. The van der Waals surface area contributed by atoms with Crippen molar-refractivity contribution >= 4 is 0 Å². The van der Waals surface area contributed by atoms with Crippen LogP contribution in [-0.2, 0) is 37.9 Å². The summed E-state index contributed by atoms with van der Waals surface area (Å²) in [4.78, 5) is 0. The first-order chi connectivity index (χ1) is 31.6. The van der Waals surface area contributed by atoms with E-state index in [0.29, 0.717) is 12.8 Å². The van der Waals surface area contributed by atoms with Gasteiger partial charge in [0.1, 0.15) is 97.7 Å². The van der Waals surface area contributed by atoms with Gasteiger partial charge in [-0.25, -0.2) is 0 Å². The van der Waals surface area contributed by atoms with Crippen molar-refractivity contribution in [2.75, 3.05) is 33.0 Å². The quantitative estimate of drug-likeness (QED) is 0.0765. The van der Waals surface area contributed by atoms with Crippen LogP contribution in [-0.4, -0.2) is 244 Å². The maximum absolute atomic E-state index is 11.2. The van der Waals surface area contributed by atoms with Crippen LogP contribution in [0.5, 0.6) is 0 Å². The molecule has 1 spiro atoms. The maximum atomic E-state index is 11.2. The predicted octanol–water partition coefficient (Wildman–Crippen LogP) is -5.59. The molecule has 0 aromatic rings. The third kappa shape index (κ3) is 9.06. The zero-order chi connectivity index (χ0) is 48.7. The first kappa shape index (κ1) is 52.4. The zero-order valence-electron chi connectivity index (χ0n) is 38.0. The van der Waals surface area contributed by atoms with E-state index in [1.54, 1.807) is 0 Å². The van der Waals surface area contributed by atoms with Gasteiger partial charge in [-0.2, -0.15) is 0 Å². The third-order valence-corrected chi connectivity index (χ3v) is 17.6. The summed E-state index contributed by atoms with van der Waals surface area (Å²) in [6, 6.07) is 0. The van der Waals surface area contributed by atoms with Gasteiger partial charge in [0.2, 0.25) is 0 Å². The Balaban J connectivity index is 0.899. The van der Waals surface area contributed by atoms with E-state index in [1.807, 2.05) is 0 Å². The molecule has 0 amide bonds. The fourth-order valence-electron chi connectivity index (χ4n) is 13.9. The van der Waals surface area contributed by atoms with Gasteiger partial charge in [-0.15, -0.1) is 0 Å². The van der Waals surface area contributed by atoms with E-state index in [9.17, 15) is 76.6 Å². The van der Waals surface area contributed by atoms with Gasteiger partial charge >= 0.3 is 0 Å². The van der Waals surface area contributed by atoms with Gasteiger partial charge in [0.25, 0.3) is 0 Å². The Morgan fingerprint density at radius 1 is 0.478 bits per heavy atom. The lowest BCUT2D eigenvalue weighted by atomic mass is 9.41. The lowest BCUT2D eigenvalue weighted by molar-refractivity contribution is -0.350. The molecule has 8 rings (SSSR count). The molecule has 15 N–H and O–H groups in total.